The normalized spacial score (nSPS) is 10.3. The number of rotatable bonds is 3. The van der Waals surface area contributed by atoms with Crippen molar-refractivity contribution < 1.29 is 9.66 Å². The van der Waals surface area contributed by atoms with Crippen molar-refractivity contribution in [2.75, 3.05) is 0 Å². The van der Waals surface area contributed by atoms with Crippen LogP contribution < -0.4 is 4.74 Å². The van der Waals surface area contributed by atoms with Crippen molar-refractivity contribution in [2.24, 2.45) is 0 Å². The van der Waals surface area contributed by atoms with Crippen LogP contribution in [-0.2, 0) is 0 Å². The zero-order valence-corrected chi connectivity index (χ0v) is 8.40. The van der Waals surface area contributed by atoms with Crippen molar-refractivity contribution >= 4 is 5.69 Å². The molecule has 75 valence electrons. The number of nitro benzene ring substituents is 1. The van der Waals surface area contributed by atoms with Gasteiger partial charge in [0.25, 0.3) is 0 Å². The fourth-order valence-electron chi connectivity index (χ4n) is 1.06. The predicted molar refractivity (Wildman–Crippen MR) is 52.4 cm³/mol. The van der Waals surface area contributed by atoms with Gasteiger partial charge in [0.2, 0.25) is 0 Å². The van der Waals surface area contributed by atoms with E-state index in [2.05, 4.69) is 6.07 Å². The number of benzene rings is 1. The Kier molecular flexibility index (Phi) is 3.06. The molecule has 1 rings (SSSR count). The van der Waals surface area contributed by atoms with Gasteiger partial charge in [0.15, 0.2) is 5.75 Å². The molecule has 1 radical (unpaired) electrons. The number of hydrogen-bond donors (Lipinski definition) is 0. The molecule has 0 aliphatic carbocycles. The summed E-state index contributed by atoms with van der Waals surface area (Å²) in [4.78, 5) is 10.2. The molecule has 0 amide bonds. The smallest absolute Gasteiger partial charge is 0.311 e. The molecule has 0 aliphatic rings. The minimum Gasteiger partial charge on any atom is -0.484 e. The highest BCUT2D eigenvalue weighted by Gasteiger charge is 2.15. The first kappa shape index (κ1) is 10.5. The lowest BCUT2D eigenvalue weighted by Gasteiger charge is -2.09. The second-order valence-corrected chi connectivity index (χ2v) is 3.29. The van der Waals surface area contributed by atoms with Crippen LogP contribution in [0.4, 0.5) is 5.69 Å². The summed E-state index contributed by atoms with van der Waals surface area (Å²) in [5, 5.41) is 10.7. The van der Waals surface area contributed by atoms with Crippen molar-refractivity contribution in [2.45, 2.75) is 26.9 Å². The van der Waals surface area contributed by atoms with Crippen LogP contribution in [0.25, 0.3) is 0 Å². The van der Waals surface area contributed by atoms with Crippen molar-refractivity contribution in [1.82, 2.24) is 0 Å². The first-order valence-corrected chi connectivity index (χ1v) is 4.34. The van der Waals surface area contributed by atoms with Gasteiger partial charge in [-0.1, -0.05) is 0 Å². The Morgan fingerprint density at radius 1 is 1.57 bits per heavy atom. The third-order valence-corrected chi connectivity index (χ3v) is 1.60. The number of aryl methyl sites for hydroxylation is 1. The predicted octanol–water partition coefficient (Wildman–Crippen LogP) is 2.49. The van der Waals surface area contributed by atoms with Crippen molar-refractivity contribution in [3.8, 4) is 5.75 Å². The molecule has 0 aromatic heterocycles. The van der Waals surface area contributed by atoms with Crippen LogP contribution in [0.5, 0.6) is 5.75 Å². The minimum atomic E-state index is -0.446. The van der Waals surface area contributed by atoms with Gasteiger partial charge in [-0.25, -0.2) is 0 Å². The third-order valence-electron chi connectivity index (χ3n) is 1.60. The van der Waals surface area contributed by atoms with E-state index in [9.17, 15) is 10.1 Å². The summed E-state index contributed by atoms with van der Waals surface area (Å²) in [7, 11) is 0. The number of ether oxygens (including phenoxy) is 1. The Morgan fingerprint density at radius 2 is 2.21 bits per heavy atom. The quantitative estimate of drug-likeness (QED) is 0.548. The molecule has 4 nitrogen and oxygen atoms in total. The van der Waals surface area contributed by atoms with Crippen LogP contribution in [0.3, 0.4) is 0 Å². The molecular weight excluding hydrogens is 182 g/mol. The van der Waals surface area contributed by atoms with E-state index in [4.69, 9.17) is 4.74 Å². The van der Waals surface area contributed by atoms with E-state index in [-0.39, 0.29) is 17.5 Å². The summed E-state index contributed by atoms with van der Waals surface area (Å²) in [5.41, 5.74) is 0.725. The highest BCUT2D eigenvalue weighted by molar-refractivity contribution is 5.47. The van der Waals surface area contributed by atoms with Gasteiger partial charge in [0.05, 0.1) is 11.0 Å². The molecular formula is C10H12NO3. The fourth-order valence-corrected chi connectivity index (χ4v) is 1.06. The first-order chi connectivity index (χ1) is 6.50. The Morgan fingerprint density at radius 3 is 2.71 bits per heavy atom. The molecule has 0 heterocycles. The first-order valence-electron chi connectivity index (χ1n) is 4.34. The summed E-state index contributed by atoms with van der Waals surface area (Å²) in [6.07, 6.45) is -0.0789. The Labute approximate surface area is 82.7 Å². The van der Waals surface area contributed by atoms with Gasteiger partial charge in [-0.2, -0.15) is 0 Å². The summed E-state index contributed by atoms with van der Waals surface area (Å²) in [6, 6.07) is 5.83. The Balaban J connectivity index is 3.08. The molecule has 0 N–H and O–H groups in total. The van der Waals surface area contributed by atoms with E-state index in [1.54, 1.807) is 6.92 Å². The Hall–Kier alpha value is -1.58. The molecule has 1 aromatic rings. The second kappa shape index (κ2) is 4.09. The summed E-state index contributed by atoms with van der Waals surface area (Å²) in [5.74, 6) is 0.274. The lowest BCUT2D eigenvalue weighted by atomic mass is 10.2. The SMILES string of the molecule is Cc1[c]cc(OC(C)C)c([N+](=O)[O-])c1. The maximum absolute atomic E-state index is 10.7. The van der Waals surface area contributed by atoms with E-state index in [0.29, 0.717) is 0 Å². The number of nitro groups is 1. The third kappa shape index (κ3) is 2.45. The highest BCUT2D eigenvalue weighted by atomic mass is 16.6. The standard InChI is InChI=1S/C10H12NO3/c1-7(2)14-10-5-4-8(3)6-9(10)11(12)13/h5-7H,1-3H3. The van der Waals surface area contributed by atoms with Crippen molar-refractivity contribution in [3.63, 3.8) is 0 Å². The molecule has 0 saturated carbocycles. The zero-order valence-electron chi connectivity index (χ0n) is 8.40. The van der Waals surface area contributed by atoms with Gasteiger partial charge in [-0.3, -0.25) is 10.1 Å². The highest BCUT2D eigenvalue weighted by Crippen LogP contribution is 2.28. The van der Waals surface area contributed by atoms with Crippen molar-refractivity contribution in [3.05, 3.63) is 33.9 Å². The summed E-state index contributed by atoms with van der Waals surface area (Å²) >= 11 is 0. The van der Waals surface area contributed by atoms with Gasteiger partial charge >= 0.3 is 5.69 Å². The fraction of sp³-hybridized carbons (Fsp3) is 0.400. The van der Waals surface area contributed by atoms with Gasteiger partial charge in [-0.15, -0.1) is 0 Å². The van der Waals surface area contributed by atoms with Crippen LogP contribution in [0, 0.1) is 23.1 Å². The van der Waals surface area contributed by atoms with Crippen LogP contribution in [0.15, 0.2) is 12.1 Å². The van der Waals surface area contributed by atoms with Gasteiger partial charge in [0, 0.05) is 6.07 Å². The largest absolute Gasteiger partial charge is 0.484 e. The lowest BCUT2D eigenvalue weighted by molar-refractivity contribution is -0.386. The van der Waals surface area contributed by atoms with Crippen LogP contribution >= 0.6 is 0 Å². The van der Waals surface area contributed by atoms with E-state index in [1.807, 2.05) is 13.8 Å². The van der Waals surface area contributed by atoms with Gasteiger partial charge in [-0.05, 0) is 38.5 Å². The molecule has 0 bridgehead atoms. The second-order valence-electron chi connectivity index (χ2n) is 3.29. The maximum Gasteiger partial charge on any atom is 0.311 e. The molecule has 0 unspecified atom stereocenters. The summed E-state index contributed by atoms with van der Waals surface area (Å²) in [6.45, 7) is 5.40. The van der Waals surface area contributed by atoms with Crippen LogP contribution in [0.1, 0.15) is 19.4 Å². The number of nitrogens with zero attached hydrogens (tertiary/aromatic N) is 1. The average Bonchev–Trinajstić information content (AvgIpc) is 2.07. The van der Waals surface area contributed by atoms with Crippen LogP contribution in [-0.4, -0.2) is 11.0 Å². The molecule has 0 fully saturated rings. The summed E-state index contributed by atoms with van der Waals surface area (Å²) < 4.78 is 5.29. The van der Waals surface area contributed by atoms with E-state index < -0.39 is 4.92 Å². The molecule has 0 spiro atoms. The molecule has 1 aromatic carbocycles. The maximum atomic E-state index is 10.7. The van der Waals surface area contributed by atoms with Crippen molar-refractivity contribution in [1.29, 1.82) is 0 Å². The zero-order chi connectivity index (χ0) is 10.7. The van der Waals surface area contributed by atoms with Crippen LogP contribution in [0.2, 0.25) is 0 Å². The monoisotopic (exact) mass is 194 g/mol. The minimum absolute atomic E-state index is 0.00468. The lowest BCUT2D eigenvalue weighted by Crippen LogP contribution is -2.07. The average molecular weight is 194 g/mol. The molecule has 4 heteroatoms. The molecule has 0 atom stereocenters. The topological polar surface area (TPSA) is 52.4 Å². The number of hydrogen-bond acceptors (Lipinski definition) is 3. The van der Waals surface area contributed by atoms with E-state index >= 15 is 0 Å². The Bertz CT molecular complexity index is 347. The molecule has 14 heavy (non-hydrogen) atoms. The van der Waals surface area contributed by atoms with Gasteiger partial charge < -0.3 is 4.74 Å². The van der Waals surface area contributed by atoms with E-state index in [0.717, 1.165) is 5.56 Å². The van der Waals surface area contributed by atoms with E-state index in [1.165, 1.54) is 12.1 Å². The molecule has 0 aliphatic heterocycles. The molecule has 0 saturated heterocycles. The van der Waals surface area contributed by atoms with Gasteiger partial charge in [0.1, 0.15) is 0 Å².